The van der Waals surface area contributed by atoms with Crippen molar-refractivity contribution in [1.82, 2.24) is 9.55 Å². The first-order chi connectivity index (χ1) is 17.3. The number of urea groups is 1. The topological polar surface area (TPSA) is 101 Å². The third-order valence-corrected chi connectivity index (χ3v) is 6.23. The van der Waals surface area contributed by atoms with Crippen LogP contribution in [0.25, 0.3) is 22.2 Å². The molecule has 4 aromatic rings. The summed E-state index contributed by atoms with van der Waals surface area (Å²) in [7, 11) is 0. The molecule has 0 radical (unpaired) electrons. The van der Waals surface area contributed by atoms with E-state index in [9.17, 15) is 14.7 Å². The van der Waals surface area contributed by atoms with Crippen LogP contribution in [0.15, 0.2) is 73.3 Å². The molecular formula is C29H30N4O3. The lowest BCUT2D eigenvalue weighted by Gasteiger charge is -2.20. The number of rotatable bonds is 9. The highest BCUT2D eigenvalue weighted by atomic mass is 16.4. The Balaban J connectivity index is 1.76. The van der Waals surface area contributed by atoms with Crippen molar-refractivity contribution in [3.8, 4) is 11.1 Å². The Labute approximate surface area is 210 Å². The van der Waals surface area contributed by atoms with E-state index in [1.54, 1.807) is 18.2 Å². The molecule has 0 unspecified atom stereocenters. The zero-order chi connectivity index (χ0) is 25.8. The Hall–Kier alpha value is -4.39. The summed E-state index contributed by atoms with van der Waals surface area (Å²) in [6.07, 6.45) is 3.41. The molecule has 0 aliphatic carbocycles. The first-order valence-corrected chi connectivity index (χ1v) is 11.9. The Kier molecular flexibility index (Phi) is 7.20. The molecule has 0 fully saturated rings. The molecule has 0 spiro atoms. The summed E-state index contributed by atoms with van der Waals surface area (Å²) in [4.78, 5) is 30.1. The Bertz CT molecular complexity index is 1440. The van der Waals surface area contributed by atoms with Crippen LogP contribution in [0, 0.1) is 6.92 Å². The molecule has 1 heterocycles. The molecule has 2 amide bonds. The van der Waals surface area contributed by atoms with Gasteiger partial charge in [0.2, 0.25) is 0 Å². The van der Waals surface area contributed by atoms with Gasteiger partial charge in [-0.3, -0.25) is 4.90 Å². The summed E-state index contributed by atoms with van der Waals surface area (Å²) in [5.74, 6) is 0.0267. The predicted molar refractivity (Wildman–Crippen MR) is 144 cm³/mol. The molecule has 7 heteroatoms. The van der Waals surface area contributed by atoms with E-state index in [4.69, 9.17) is 10.7 Å². The van der Waals surface area contributed by atoms with Gasteiger partial charge in [0, 0.05) is 25.2 Å². The summed E-state index contributed by atoms with van der Waals surface area (Å²) in [5, 5.41) is 9.54. The number of hydrogen-bond acceptors (Lipinski definition) is 3. The van der Waals surface area contributed by atoms with E-state index in [1.807, 2.05) is 55.5 Å². The molecule has 7 nitrogen and oxygen atoms in total. The molecule has 0 aliphatic heterocycles. The van der Waals surface area contributed by atoms with Crippen LogP contribution in [0.5, 0.6) is 0 Å². The lowest BCUT2D eigenvalue weighted by molar-refractivity contribution is 0.0697. The molecule has 0 bridgehead atoms. The second kappa shape index (κ2) is 10.5. The van der Waals surface area contributed by atoms with Gasteiger partial charge >= 0.3 is 12.0 Å². The van der Waals surface area contributed by atoms with Crippen LogP contribution in [0.3, 0.4) is 0 Å². The number of benzene rings is 3. The fourth-order valence-electron chi connectivity index (χ4n) is 4.51. The van der Waals surface area contributed by atoms with Crippen molar-refractivity contribution < 1.29 is 14.7 Å². The van der Waals surface area contributed by atoms with Gasteiger partial charge < -0.3 is 15.4 Å². The molecule has 0 saturated carbocycles. The van der Waals surface area contributed by atoms with E-state index in [1.165, 1.54) is 4.90 Å². The van der Waals surface area contributed by atoms with Gasteiger partial charge in [-0.15, -0.1) is 6.58 Å². The first kappa shape index (κ1) is 24.7. The van der Waals surface area contributed by atoms with Crippen molar-refractivity contribution in [1.29, 1.82) is 0 Å². The van der Waals surface area contributed by atoms with Gasteiger partial charge in [0.15, 0.2) is 0 Å². The zero-order valence-electron chi connectivity index (χ0n) is 20.6. The largest absolute Gasteiger partial charge is 0.478 e. The lowest BCUT2D eigenvalue weighted by atomic mass is 9.99. The number of nitrogens with two attached hydrogens (primary N) is 1. The van der Waals surface area contributed by atoms with Crippen LogP contribution in [-0.2, 0) is 13.0 Å². The Morgan fingerprint density at radius 2 is 1.86 bits per heavy atom. The highest BCUT2D eigenvalue weighted by Gasteiger charge is 2.18. The van der Waals surface area contributed by atoms with Gasteiger partial charge in [0.1, 0.15) is 5.82 Å². The fraction of sp³-hybridized carbons (Fsp3) is 0.207. The minimum absolute atomic E-state index is 0.276. The number of aryl methyl sites for hydroxylation is 2. The number of aromatic nitrogens is 2. The maximum atomic E-state index is 12.1. The molecule has 3 N–H and O–H groups in total. The predicted octanol–water partition coefficient (Wildman–Crippen LogP) is 5.78. The summed E-state index contributed by atoms with van der Waals surface area (Å²) >= 11 is 0. The van der Waals surface area contributed by atoms with E-state index in [2.05, 4.69) is 18.1 Å². The van der Waals surface area contributed by atoms with Crippen molar-refractivity contribution in [2.24, 2.45) is 5.73 Å². The lowest BCUT2D eigenvalue weighted by Crippen LogP contribution is -2.35. The number of carboxylic acids is 1. The third kappa shape index (κ3) is 4.86. The number of imidazole rings is 1. The Morgan fingerprint density at radius 1 is 1.14 bits per heavy atom. The van der Waals surface area contributed by atoms with Crippen molar-refractivity contribution in [3.05, 3.63) is 95.8 Å². The number of hydrogen-bond donors (Lipinski definition) is 2. The standard InChI is InChI=1S/C29H30N4O3/c1-4-8-26-31-27-19(3)16-22(32(15-5-2)29(30)36)17-25(27)33(26)18-20-11-13-21(14-12-20)23-9-6-7-10-24(23)28(34)35/h5-7,9-14,16-17H,2,4,8,15,18H2,1,3H3,(H2,30,36)(H,34,35). The van der Waals surface area contributed by atoms with E-state index in [-0.39, 0.29) is 5.56 Å². The van der Waals surface area contributed by atoms with Crippen molar-refractivity contribution in [2.75, 3.05) is 11.4 Å². The average Bonchev–Trinajstić information content (AvgIpc) is 3.20. The van der Waals surface area contributed by atoms with E-state index in [0.29, 0.717) is 24.3 Å². The Morgan fingerprint density at radius 3 is 2.50 bits per heavy atom. The molecule has 0 atom stereocenters. The number of fused-ring (bicyclic) bond motifs is 1. The van der Waals surface area contributed by atoms with Crippen molar-refractivity contribution in [2.45, 2.75) is 33.2 Å². The molecule has 184 valence electrons. The van der Waals surface area contributed by atoms with E-state index in [0.717, 1.165) is 46.4 Å². The second-order valence-corrected chi connectivity index (χ2v) is 8.78. The van der Waals surface area contributed by atoms with Gasteiger partial charge in [-0.1, -0.05) is 55.5 Å². The van der Waals surface area contributed by atoms with Crippen molar-refractivity contribution >= 4 is 28.7 Å². The van der Waals surface area contributed by atoms with Gasteiger partial charge in [0.25, 0.3) is 0 Å². The van der Waals surface area contributed by atoms with E-state index < -0.39 is 12.0 Å². The van der Waals surface area contributed by atoms with Crippen LogP contribution in [0.1, 0.15) is 40.7 Å². The van der Waals surface area contributed by atoms with Gasteiger partial charge in [-0.2, -0.15) is 0 Å². The average molecular weight is 483 g/mol. The van der Waals surface area contributed by atoms with Crippen molar-refractivity contribution in [3.63, 3.8) is 0 Å². The molecule has 0 saturated heterocycles. The maximum Gasteiger partial charge on any atom is 0.336 e. The minimum atomic E-state index is -0.948. The monoisotopic (exact) mass is 482 g/mol. The SMILES string of the molecule is C=CCN(C(N)=O)c1cc(C)c2nc(CCC)n(Cc3ccc(-c4ccccc4C(=O)O)cc3)c2c1. The molecular weight excluding hydrogens is 452 g/mol. The maximum absolute atomic E-state index is 12.1. The first-order valence-electron chi connectivity index (χ1n) is 11.9. The van der Waals surface area contributed by atoms with Gasteiger partial charge in [-0.05, 0) is 53.8 Å². The molecule has 4 rings (SSSR count). The number of carbonyl (C=O) groups excluding carboxylic acids is 1. The van der Waals surface area contributed by atoms with E-state index >= 15 is 0 Å². The van der Waals surface area contributed by atoms with Crippen LogP contribution in [-0.4, -0.2) is 33.2 Å². The minimum Gasteiger partial charge on any atom is -0.478 e. The molecule has 3 aromatic carbocycles. The highest BCUT2D eigenvalue weighted by molar-refractivity contribution is 5.96. The third-order valence-electron chi connectivity index (χ3n) is 6.23. The summed E-state index contributed by atoms with van der Waals surface area (Å²) < 4.78 is 2.18. The molecule has 1 aromatic heterocycles. The number of carbonyl (C=O) groups is 2. The fourth-order valence-corrected chi connectivity index (χ4v) is 4.51. The number of primary amides is 1. The quantitative estimate of drug-likeness (QED) is 0.295. The van der Waals surface area contributed by atoms with Crippen LogP contribution in [0.4, 0.5) is 10.5 Å². The number of nitrogens with zero attached hydrogens (tertiary/aromatic N) is 3. The number of carboxylic acid groups (broad SMARTS) is 1. The van der Waals surface area contributed by atoms with Gasteiger partial charge in [0.05, 0.1) is 16.6 Å². The summed E-state index contributed by atoms with van der Waals surface area (Å²) in [6, 6.07) is 18.3. The normalized spacial score (nSPS) is 10.9. The molecule has 36 heavy (non-hydrogen) atoms. The van der Waals surface area contributed by atoms with Gasteiger partial charge in [-0.25, -0.2) is 14.6 Å². The zero-order valence-corrected chi connectivity index (χ0v) is 20.6. The number of amides is 2. The number of aromatic carboxylic acids is 1. The summed E-state index contributed by atoms with van der Waals surface area (Å²) in [5.41, 5.74) is 12.0. The number of anilines is 1. The highest BCUT2D eigenvalue weighted by Crippen LogP contribution is 2.29. The summed E-state index contributed by atoms with van der Waals surface area (Å²) in [6.45, 7) is 8.75. The van der Waals surface area contributed by atoms with Crippen LogP contribution >= 0.6 is 0 Å². The van der Waals surface area contributed by atoms with Crippen LogP contribution < -0.4 is 10.6 Å². The van der Waals surface area contributed by atoms with Crippen LogP contribution in [0.2, 0.25) is 0 Å². The smallest absolute Gasteiger partial charge is 0.336 e. The second-order valence-electron chi connectivity index (χ2n) is 8.78. The molecule has 0 aliphatic rings.